The Morgan fingerprint density at radius 1 is 1.16 bits per heavy atom. The highest BCUT2D eigenvalue weighted by Gasteiger charge is 2.14. The van der Waals surface area contributed by atoms with E-state index in [9.17, 15) is 14.0 Å². The number of carbonyl (C=O) groups excluding carboxylic acids is 1. The number of hydrogen-bond acceptors (Lipinski definition) is 3. The number of aromatic carboxylic acids is 1. The molecule has 0 spiro atoms. The molecule has 19 heavy (non-hydrogen) atoms. The van der Waals surface area contributed by atoms with Gasteiger partial charge in [-0.3, -0.25) is 9.78 Å². The molecule has 1 amide bonds. The number of anilines is 1. The van der Waals surface area contributed by atoms with Crippen molar-refractivity contribution in [2.24, 2.45) is 0 Å². The van der Waals surface area contributed by atoms with Crippen molar-refractivity contribution in [3.05, 3.63) is 59.7 Å². The molecular formula is C13H9FN2O3. The zero-order valence-corrected chi connectivity index (χ0v) is 9.63. The van der Waals surface area contributed by atoms with Gasteiger partial charge in [0.2, 0.25) is 0 Å². The molecule has 0 aliphatic rings. The Labute approximate surface area is 107 Å². The first kappa shape index (κ1) is 12.7. The minimum Gasteiger partial charge on any atom is -0.478 e. The van der Waals surface area contributed by atoms with Crippen molar-refractivity contribution in [2.75, 3.05) is 5.32 Å². The van der Waals surface area contributed by atoms with Crippen LogP contribution in [0.4, 0.5) is 10.1 Å². The fourth-order valence-electron chi connectivity index (χ4n) is 1.50. The molecule has 0 saturated carbocycles. The highest BCUT2D eigenvalue weighted by Crippen LogP contribution is 2.18. The number of hydrogen-bond donors (Lipinski definition) is 2. The van der Waals surface area contributed by atoms with E-state index in [2.05, 4.69) is 10.3 Å². The molecule has 1 aromatic carbocycles. The number of carboxylic acid groups (broad SMARTS) is 1. The first-order valence-electron chi connectivity index (χ1n) is 5.32. The highest BCUT2D eigenvalue weighted by molar-refractivity contribution is 6.07. The van der Waals surface area contributed by atoms with Crippen LogP contribution < -0.4 is 5.32 Å². The number of benzene rings is 1. The van der Waals surface area contributed by atoms with Gasteiger partial charge in [-0.1, -0.05) is 0 Å². The smallest absolute Gasteiger partial charge is 0.337 e. The van der Waals surface area contributed by atoms with Crippen LogP contribution in [0.5, 0.6) is 0 Å². The van der Waals surface area contributed by atoms with Crippen LogP contribution in [0.3, 0.4) is 0 Å². The summed E-state index contributed by atoms with van der Waals surface area (Å²) in [6.45, 7) is 0. The van der Waals surface area contributed by atoms with E-state index in [4.69, 9.17) is 5.11 Å². The lowest BCUT2D eigenvalue weighted by Crippen LogP contribution is -2.15. The molecule has 0 atom stereocenters. The number of carboxylic acids is 1. The third-order valence-corrected chi connectivity index (χ3v) is 2.40. The molecule has 0 saturated heterocycles. The van der Waals surface area contributed by atoms with Crippen LogP contribution in [0.2, 0.25) is 0 Å². The quantitative estimate of drug-likeness (QED) is 0.886. The monoisotopic (exact) mass is 260 g/mol. The molecule has 1 heterocycles. The molecule has 0 aliphatic carbocycles. The Hall–Kier alpha value is -2.76. The van der Waals surface area contributed by atoms with Gasteiger partial charge in [0.05, 0.1) is 11.3 Å². The fourth-order valence-corrected chi connectivity index (χ4v) is 1.50. The van der Waals surface area contributed by atoms with Crippen molar-refractivity contribution in [3.8, 4) is 0 Å². The van der Waals surface area contributed by atoms with E-state index >= 15 is 0 Å². The predicted octanol–water partition coefficient (Wildman–Crippen LogP) is 2.17. The lowest BCUT2D eigenvalue weighted by atomic mass is 10.1. The number of amides is 1. The van der Waals surface area contributed by atoms with Crippen LogP contribution in [0, 0.1) is 5.82 Å². The summed E-state index contributed by atoms with van der Waals surface area (Å²) >= 11 is 0. The zero-order valence-electron chi connectivity index (χ0n) is 9.63. The summed E-state index contributed by atoms with van der Waals surface area (Å²) in [6, 6.07) is 6.01. The Balaban J connectivity index is 2.31. The summed E-state index contributed by atoms with van der Waals surface area (Å²) in [5.74, 6) is -2.41. The molecule has 96 valence electrons. The fraction of sp³-hybridized carbons (Fsp3) is 0. The van der Waals surface area contributed by atoms with Gasteiger partial charge in [-0.15, -0.1) is 0 Å². The summed E-state index contributed by atoms with van der Waals surface area (Å²) in [5, 5.41) is 11.3. The average molecular weight is 260 g/mol. The lowest BCUT2D eigenvalue weighted by Gasteiger charge is -2.08. The normalized spacial score (nSPS) is 9.95. The van der Waals surface area contributed by atoms with E-state index in [-0.39, 0.29) is 11.3 Å². The molecular weight excluding hydrogens is 251 g/mol. The van der Waals surface area contributed by atoms with Crippen LogP contribution in [0.15, 0.2) is 42.7 Å². The Kier molecular flexibility index (Phi) is 3.51. The summed E-state index contributed by atoms with van der Waals surface area (Å²) in [6.07, 6.45) is 2.86. The Morgan fingerprint density at radius 3 is 2.47 bits per heavy atom. The van der Waals surface area contributed by atoms with Crippen LogP contribution in [-0.4, -0.2) is 22.0 Å². The summed E-state index contributed by atoms with van der Waals surface area (Å²) < 4.78 is 13.1. The lowest BCUT2D eigenvalue weighted by molar-refractivity contribution is 0.0698. The second kappa shape index (κ2) is 5.26. The maximum atomic E-state index is 13.1. The third kappa shape index (κ3) is 2.92. The van der Waals surface area contributed by atoms with Gasteiger partial charge in [-0.25, -0.2) is 9.18 Å². The minimum atomic E-state index is -1.25. The van der Waals surface area contributed by atoms with Gasteiger partial charge in [-0.05, 0) is 30.3 Å². The van der Waals surface area contributed by atoms with Crippen LogP contribution in [0.25, 0.3) is 0 Å². The second-order valence-corrected chi connectivity index (χ2v) is 3.69. The Bertz CT molecular complexity index is 629. The number of rotatable bonds is 3. The predicted molar refractivity (Wildman–Crippen MR) is 65.5 cm³/mol. The van der Waals surface area contributed by atoms with Crippen molar-refractivity contribution < 1.29 is 19.1 Å². The van der Waals surface area contributed by atoms with Gasteiger partial charge in [0, 0.05) is 18.0 Å². The number of nitrogens with one attached hydrogen (secondary N) is 1. The van der Waals surface area contributed by atoms with Gasteiger partial charge in [0.1, 0.15) is 5.82 Å². The molecule has 0 bridgehead atoms. The summed E-state index contributed by atoms with van der Waals surface area (Å²) in [7, 11) is 0. The maximum absolute atomic E-state index is 13.1. The minimum absolute atomic E-state index is 0.0886. The van der Waals surface area contributed by atoms with Gasteiger partial charge >= 0.3 is 5.97 Å². The van der Waals surface area contributed by atoms with Crippen molar-refractivity contribution in [2.45, 2.75) is 0 Å². The van der Waals surface area contributed by atoms with E-state index < -0.39 is 17.7 Å². The topological polar surface area (TPSA) is 79.3 Å². The molecule has 6 heteroatoms. The number of carbonyl (C=O) groups is 2. The number of aromatic nitrogens is 1. The van der Waals surface area contributed by atoms with E-state index in [1.165, 1.54) is 24.5 Å². The van der Waals surface area contributed by atoms with Crippen molar-refractivity contribution in [1.29, 1.82) is 0 Å². The van der Waals surface area contributed by atoms with E-state index in [1.54, 1.807) is 0 Å². The first-order chi connectivity index (χ1) is 9.08. The molecule has 0 radical (unpaired) electrons. The summed E-state index contributed by atoms with van der Waals surface area (Å²) in [4.78, 5) is 26.6. The number of pyridine rings is 1. The van der Waals surface area contributed by atoms with Crippen molar-refractivity contribution in [1.82, 2.24) is 4.98 Å². The van der Waals surface area contributed by atoms with Gasteiger partial charge < -0.3 is 10.4 Å². The van der Waals surface area contributed by atoms with Gasteiger partial charge in [-0.2, -0.15) is 0 Å². The molecule has 2 aromatic rings. The standard InChI is InChI=1S/C13H9FN2O3/c14-9-1-2-10(13(18)19)11(7-9)16-12(17)8-3-5-15-6-4-8/h1-7H,(H,16,17)(H,18,19). The molecule has 2 N–H and O–H groups in total. The molecule has 0 fully saturated rings. The molecule has 1 aromatic heterocycles. The molecule has 0 unspecified atom stereocenters. The van der Waals surface area contributed by atoms with Crippen molar-refractivity contribution in [3.63, 3.8) is 0 Å². The largest absolute Gasteiger partial charge is 0.478 e. The molecule has 0 aliphatic heterocycles. The van der Waals surface area contributed by atoms with Crippen molar-refractivity contribution >= 4 is 17.6 Å². The average Bonchev–Trinajstić information content (AvgIpc) is 2.39. The van der Waals surface area contributed by atoms with Crippen LogP contribution in [-0.2, 0) is 0 Å². The van der Waals surface area contributed by atoms with Gasteiger partial charge in [0.15, 0.2) is 0 Å². The van der Waals surface area contributed by atoms with Crippen LogP contribution >= 0.6 is 0 Å². The second-order valence-electron chi connectivity index (χ2n) is 3.69. The van der Waals surface area contributed by atoms with Crippen LogP contribution in [0.1, 0.15) is 20.7 Å². The van der Waals surface area contributed by atoms with E-state index in [0.29, 0.717) is 5.56 Å². The van der Waals surface area contributed by atoms with E-state index in [0.717, 1.165) is 18.2 Å². The van der Waals surface area contributed by atoms with Gasteiger partial charge in [0.25, 0.3) is 5.91 Å². The number of nitrogens with zero attached hydrogens (tertiary/aromatic N) is 1. The number of halogens is 1. The SMILES string of the molecule is O=C(Nc1cc(F)ccc1C(=O)O)c1ccncc1. The highest BCUT2D eigenvalue weighted by atomic mass is 19.1. The zero-order chi connectivity index (χ0) is 13.8. The Morgan fingerprint density at radius 2 is 1.84 bits per heavy atom. The maximum Gasteiger partial charge on any atom is 0.337 e. The first-order valence-corrected chi connectivity index (χ1v) is 5.32. The summed E-state index contributed by atoms with van der Waals surface area (Å²) in [5.41, 5.74) is 0.0359. The van der Waals surface area contributed by atoms with E-state index in [1.807, 2.05) is 0 Å². The molecule has 5 nitrogen and oxygen atoms in total. The molecule has 2 rings (SSSR count). The third-order valence-electron chi connectivity index (χ3n) is 2.40.